The van der Waals surface area contributed by atoms with E-state index in [2.05, 4.69) is 10.3 Å². The van der Waals surface area contributed by atoms with E-state index in [4.69, 9.17) is 0 Å². The monoisotopic (exact) mass is 323 g/mol. The number of nitrogens with one attached hydrogen (secondary N) is 1. The van der Waals surface area contributed by atoms with Crippen molar-refractivity contribution in [1.29, 1.82) is 0 Å². The number of anilines is 1. The molecule has 1 N–H and O–H groups in total. The first-order valence-electron chi connectivity index (χ1n) is 8.19. The maximum absolute atomic E-state index is 12.5. The Morgan fingerprint density at radius 1 is 1.08 bits per heavy atom. The van der Waals surface area contributed by atoms with E-state index in [9.17, 15) is 9.59 Å². The van der Waals surface area contributed by atoms with E-state index in [0.29, 0.717) is 5.56 Å². The molecule has 124 valence electrons. The second-order valence-corrected chi connectivity index (χ2v) is 6.15. The topological polar surface area (TPSA) is 62.3 Å². The predicted octanol–water partition coefficient (Wildman–Crippen LogP) is 3.19. The molecule has 0 bridgehead atoms. The average molecular weight is 323 g/mol. The van der Waals surface area contributed by atoms with E-state index in [1.807, 2.05) is 36.9 Å². The smallest absolute Gasteiger partial charge is 0.274 e. The molecule has 1 aliphatic rings. The summed E-state index contributed by atoms with van der Waals surface area (Å²) in [5.41, 5.74) is 3.54. The lowest BCUT2D eigenvalue weighted by Crippen LogP contribution is -2.28. The van der Waals surface area contributed by atoms with Crippen LogP contribution in [0.5, 0.6) is 0 Å². The van der Waals surface area contributed by atoms with Crippen molar-refractivity contribution in [3.05, 3.63) is 58.9 Å². The molecule has 2 heterocycles. The number of rotatable bonds is 3. The van der Waals surface area contributed by atoms with Gasteiger partial charge in [0.05, 0.1) is 0 Å². The average Bonchev–Trinajstić information content (AvgIpc) is 3.12. The molecule has 1 aromatic heterocycles. The lowest BCUT2D eigenvalue weighted by Gasteiger charge is -2.15. The first-order chi connectivity index (χ1) is 11.6. The van der Waals surface area contributed by atoms with Crippen molar-refractivity contribution in [2.24, 2.45) is 0 Å². The minimum atomic E-state index is -0.302. The fraction of sp³-hybridized carbons (Fsp3) is 0.316. The SMILES string of the molecule is Cc1cccc(C)c1NC(=O)c1cc(C(=O)N2CCCC2)ccn1. The Balaban J connectivity index is 1.80. The molecule has 5 nitrogen and oxygen atoms in total. The lowest BCUT2D eigenvalue weighted by molar-refractivity contribution is 0.0792. The molecule has 0 radical (unpaired) electrons. The highest BCUT2D eigenvalue weighted by atomic mass is 16.2. The summed E-state index contributed by atoms with van der Waals surface area (Å²) in [4.78, 5) is 30.9. The summed E-state index contributed by atoms with van der Waals surface area (Å²) < 4.78 is 0. The summed E-state index contributed by atoms with van der Waals surface area (Å²) in [5.74, 6) is -0.334. The van der Waals surface area contributed by atoms with Gasteiger partial charge in [0.25, 0.3) is 11.8 Å². The summed E-state index contributed by atoms with van der Waals surface area (Å²) in [6.45, 7) is 5.46. The summed E-state index contributed by atoms with van der Waals surface area (Å²) in [5, 5.41) is 2.90. The number of benzene rings is 1. The van der Waals surface area contributed by atoms with Crippen LogP contribution in [0.3, 0.4) is 0 Å². The van der Waals surface area contributed by atoms with Crippen LogP contribution in [0.1, 0.15) is 44.8 Å². The van der Waals surface area contributed by atoms with Crippen LogP contribution in [0.2, 0.25) is 0 Å². The molecule has 1 fully saturated rings. The number of para-hydroxylation sites is 1. The van der Waals surface area contributed by atoms with Crippen LogP contribution in [0.25, 0.3) is 0 Å². The number of aromatic nitrogens is 1. The summed E-state index contributed by atoms with van der Waals surface area (Å²) in [6, 6.07) is 9.08. The molecule has 24 heavy (non-hydrogen) atoms. The van der Waals surface area contributed by atoms with Gasteiger partial charge in [-0.05, 0) is 49.9 Å². The highest BCUT2D eigenvalue weighted by molar-refractivity contribution is 6.05. The van der Waals surface area contributed by atoms with Crippen molar-refractivity contribution in [2.75, 3.05) is 18.4 Å². The van der Waals surface area contributed by atoms with Crippen molar-refractivity contribution < 1.29 is 9.59 Å². The second-order valence-electron chi connectivity index (χ2n) is 6.15. The molecular formula is C19H21N3O2. The summed E-state index contributed by atoms with van der Waals surface area (Å²) in [6.07, 6.45) is 3.59. The molecule has 1 saturated heterocycles. The molecule has 1 aromatic carbocycles. The van der Waals surface area contributed by atoms with E-state index in [0.717, 1.165) is 42.7 Å². The van der Waals surface area contributed by atoms with Crippen LogP contribution < -0.4 is 5.32 Å². The molecule has 5 heteroatoms. The molecular weight excluding hydrogens is 302 g/mol. The minimum absolute atomic E-state index is 0.0315. The second kappa shape index (κ2) is 6.83. The zero-order valence-corrected chi connectivity index (χ0v) is 14.0. The number of nitrogens with zero attached hydrogens (tertiary/aromatic N) is 2. The molecule has 0 atom stereocenters. The Labute approximate surface area is 141 Å². The Morgan fingerprint density at radius 2 is 1.75 bits per heavy atom. The van der Waals surface area contributed by atoms with Gasteiger partial charge >= 0.3 is 0 Å². The van der Waals surface area contributed by atoms with Crippen LogP contribution in [-0.4, -0.2) is 34.8 Å². The molecule has 0 spiro atoms. The molecule has 2 amide bonds. The van der Waals surface area contributed by atoms with E-state index >= 15 is 0 Å². The van der Waals surface area contributed by atoms with Gasteiger partial charge in [0, 0.05) is 30.5 Å². The van der Waals surface area contributed by atoms with Gasteiger partial charge < -0.3 is 10.2 Å². The van der Waals surface area contributed by atoms with Crippen LogP contribution in [-0.2, 0) is 0 Å². The maximum atomic E-state index is 12.5. The first kappa shape index (κ1) is 16.2. The van der Waals surface area contributed by atoms with E-state index in [1.54, 1.807) is 12.1 Å². The van der Waals surface area contributed by atoms with Crippen LogP contribution in [0.4, 0.5) is 5.69 Å². The molecule has 1 aliphatic heterocycles. The van der Waals surface area contributed by atoms with Crippen molar-refractivity contribution in [3.8, 4) is 0 Å². The quantitative estimate of drug-likeness (QED) is 0.943. The standard InChI is InChI=1S/C19H21N3O2/c1-13-6-5-7-14(2)17(13)21-18(23)16-12-15(8-9-20-16)19(24)22-10-3-4-11-22/h5-9,12H,3-4,10-11H2,1-2H3,(H,21,23). The normalized spacial score (nSPS) is 13.8. The molecule has 3 rings (SSSR count). The number of carbonyl (C=O) groups is 2. The number of carbonyl (C=O) groups excluding carboxylic acids is 2. The van der Waals surface area contributed by atoms with Gasteiger partial charge in [-0.25, -0.2) is 0 Å². The highest BCUT2D eigenvalue weighted by Gasteiger charge is 2.21. The number of pyridine rings is 1. The van der Waals surface area contributed by atoms with Gasteiger partial charge in [-0.1, -0.05) is 18.2 Å². The zero-order chi connectivity index (χ0) is 17.1. The third-order valence-corrected chi connectivity index (χ3v) is 4.35. The van der Waals surface area contributed by atoms with Crippen molar-refractivity contribution >= 4 is 17.5 Å². The fourth-order valence-electron chi connectivity index (χ4n) is 2.98. The van der Waals surface area contributed by atoms with Crippen molar-refractivity contribution in [2.45, 2.75) is 26.7 Å². The summed E-state index contributed by atoms with van der Waals surface area (Å²) >= 11 is 0. The maximum Gasteiger partial charge on any atom is 0.274 e. The Kier molecular flexibility index (Phi) is 4.60. The van der Waals surface area contributed by atoms with Crippen molar-refractivity contribution in [1.82, 2.24) is 9.88 Å². The van der Waals surface area contributed by atoms with Crippen molar-refractivity contribution in [3.63, 3.8) is 0 Å². The number of aryl methyl sites for hydroxylation is 2. The Hall–Kier alpha value is -2.69. The van der Waals surface area contributed by atoms with Crippen LogP contribution >= 0.6 is 0 Å². The highest BCUT2D eigenvalue weighted by Crippen LogP contribution is 2.20. The Bertz CT molecular complexity index is 760. The van der Waals surface area contributed by atoms with E-state index in [-0.39, 0.29) is 17.5 Å². The zero-order valence-electron chi connectivity index (χ0n) is 14.0. The molecule has 2 aromatic rings. The minimum Gasteiger partial charge on any atom is -0.339 e. The third kappa shape index (κ3) is 3.30. The van der Waals surface area contributed by atoms with Gasteiger partial charge in [0.1, 0.15) is 5.69 Å². The lowest BCUT2D eigenvalue weighted by atomic mass is 10.1. The molecule has 0 aliphatic carbocycles. The van der Waals surface area contributed by atoms with Crippen LogP contribution in [0.15, 0.2) is 36.5 Å². The van der Waals surface area contributed by atoms with Gasteiger partial charge in [-0.3, -0.25) is 14.6 Å². The van der Waals surface area contributed by atoms with E-state index in [1.165, 1.54) is 6.20 Å². The number of hydrogen-bond donors (Lipinski definition) is 1. The Morgan fingerprint density at radius 3 is 2.42 bits per heavy atom. The van der Waals surface area contributed by atoms with Gasteiger partial charge in [0.15, 0.2) is 0 Å². The van der Waals surface area contributed by atoms with Gasteiger partial charge in [-0.2, -0.15) is 0 Å². The molecule has 0 unspecified atom stereocenters. The van der Waals surface area contributed by atoms with E-state index < -0.39 is 0 Å². The fourth-order valence-corrected chi connectivity index (χ4v) is 2.98. The van der Waals surface area contributed by atoms with Gasteiger partial charge in [-0.15, -0.1) is 0 Å². The predicted molar refractivity (Wildman–Crippen MR) is 93.2 cm³/mol. The summed E-state index contributed by atoms with van der Waals surface area (Å²) in [7, 11) is 0. The third-order valence-electron chi connectivity index (χ3n) is 4.35. The largest absolute Gasteiger partial charge is 0.339 e. The number of likely N-dealkylation sites (tertiary alicyclic amines) is 1. The van der Waals surface area contributed by atoms with Crippen LogP contribution in [0, 0.1) is 13.8 Å². The number of hydrogen-bond acceptors (Lipinski definition) is 3. The first-order valence-corrected chi connectivity index (χ1v) is 8.19. The number of amides is 2. The molecule has 0 saturated carbocycles. The van der Waals surface area contributed by atoms with Gasteiger partial charge in [0.2, 0.25) is 0 Å².